The number of anilines is 1. The highest BCUT2D eigenvalue weighted by Crippen LogP contribution is 2.31. The number of methoxy groups -OCH3 is 2. The fraction of sp³-hybridized carbons (Fsp3) is 0.174. The largest absolute Gasteiger partial charge is 0.497 e. The van der Waals surface area contributed by atoms with Gasteiger partial charge in [-0.1, -0.05) is 29.8 Å². The molecule has 9 heteroatoms. The van der Waals surface area contributed by atoms with E-state index in [1.165, 1.54) is 26.6 Å². The van der Waals surface area contributed by atoms with Gasteiger partial charge in [-0.25, -0.2) is 19.3 Å². The molecule has 0 saturated heterocycles. The van der Waals surface area contributed by atoms with E-state index in [0.717, 1.165) is 9.47 Å². The number of para-hydroxylation sites is 1. The van der Waals surface area contributed by atoms with Crippen LogP contribution >= 0.6 is 11.6 Å². The number of benzene rings is 2. The summed E-state index contributed by atoms with van der Waals surface area (Å²) in [5, 5.41) is -0.0160. The third-order valence-corrected chi connectivity index (χ3v) is 4.91. The van der Waals surface area contributed by atoms with Crippen LogP contribution in [0.2, 0.25) is 5.15 Å². The third kappa shape index (κ3) is 4.31. The summed E-state index contributed by atoms with van der Waals surface area (Å²) >= 11 is 6.26. The first-order chi connectivity index (χ1) is 16.7. The molecule has 164 valence electrons. The first-order valence-corrected chi connectivity index (χ1v) is 9.88. The van der Waals surface area contributed by atoms with E-state index in [9.17, 15) is 4.79 Å². The number of fused-ring (bicyclic) bond motifs is 1. The van der Waals surface area contributed by atoms with E-state index < -0.39 is 13.1 Å². The maximum atomic E-state index is 12.8. The highest BCUT2D eigenvalue weighted by atomic mass is 35.5. The van der Waals surface area contributed by atoms with Gasteiger partial charge in [0, 0.05) is 35.3 Å². The van der Waals surface area contributed by atoms with Gasteiger partial charge in [0.1, 0.15) is 34.2 Å². The molecule has 4 aromatic rings. The number of carbonyl (C=O) groups excluding carboxylic acids is 1. The van der Waals surface area contributed by atoms with Gasteiger partial charge >= 0.3 is 6.09 Å². The molecule has 0 aliphatic rings. The highest BCUT2D eigenvalue weighted by Gasteiger charge is 2.19. The van der Waals surface area contributed by atoms with Crippen molar-refractivity contribution in [1.29, 1.82) is 0 Å². The molecule has 0 radical (unpaired) electrons. The number of ether oxygens (including phenoxy) is 3. The molecule has 0 atom stereocenters. The second-order valence-corrected chi connectivity index (χ2v) is 7.08. The van der Waals surface area contributed by atoms with Crippen LogP contribution in [-0.4, -0.2) is 41.8 Å². The molecule has 32 heavy (non-hydrogen) atoms. The molecular weight excluding hydrogens is 432 g/mol. The lowest BCUT2D eigenvalue weighted by atomic mass is 10.1. The third-order valence-electron chi connectivity index (χ3n) is 4.71. The standard InChI is InChI=1S/C23H21ClN4O4/c1-27(13-15-9-10-17(30-2)11-19(15)31-3)18-12-20(24)26-22-21(18)25-14-28(22)23(29)32-16-7-5-4-6-8-16/h4-12,14H,13H2,1-3H3/i1D3. The lowest BCUT2D eigenvalue weighted by Gasteiger charge is -2.21. The number of hydrogen-bond acceptors (Lipinski definition) is 7. The molecule has 0 amide bonds. The van der Waals surface area contributed by atoms with Gasteiger partial charge in [0.25, 0.3) is 0 Å². The minimum absolute atomic E-state index is 0.0160. The minimum Gasteiger partial charge on any atom is -0.497 e. The van der Waals surface area contributed by atoms with Crippen LogP contribution in [0.1, 0.15) is 9.68 Å². The molecule has 8 nitrogen and oxygen atoms in total. The Balaban J connectivity index is 1.77. The van der Waals surface area contributed by atoms with Gasteiger partial charge in [-0.2, -0.15) is 0 Å². The predicted molar refractivity (Wildman–Crippen MR) is 122 cm³/mol. The lowest BCUT2D eigenvalue weighted by Crippen LogP contribution is -2.18. The molecule has 0 fully saturated rings. The zero-order valence-corrected chi connectivity index (χ0v) is 18.0. The molecule has 2 aromatic carbocycles. The number of carbonyl (C=O) groups is 1. The average Bonchev–Trinajstić information content (AvgIpc) is 3.26. The normalized spacial score (nSPS) is 12.5. The highest BCUT2D eigenvalue weighted by molar-refractivity contribution is 6.30. The van der Waals surface area contributed by atoms with Crippen molar-refractivity contribution in [2.24, 2.45) is 0 Å². The summed E-state index contributed by atoms with van der Waals surface area (Å²) in [4.78, 5) is 22.4. The van der Waals surface area contributed by atoms with E-state index in [1.54, 1.807) is 48.5 Å². The summed E-state index contributed by atoms with van der Waals surface area (Å²) < 4.78 is 41.6. The monoisotopic (exact) mass is 455 g/mol. The number of aromatic nitrogens is 3. The quantitative estimate of drug-likeness (QED) is 0.387. The maximum absolute atomic E-state index is 12.8. The van der Waals surface area contributed by atoms with Crippen LogP contribution < -0.4 is 19.1 Å². The van der Waals surface area contributed by atoms with Crippen LogP contribution in [0.15, 0.2) is 60.9 Å². The first-order valence-electron chi connectivity index (χ1n) is 11.0. The lowest BCUT2D eigenvalue weighted by molar-refractivity contribution is 0.203. The van der Waals surface area contributed by atoms with Crippen LogP contribution in [-0.2, 0) is 6.54 Å². The summed E-state index contributed by atoms with van der Waals surface area (Å²) in [6.07, 6.45) is 0.450. The molecule has 0 aliphatic carbocycles. The summed E-state index contributed by atoms with van der Waals surface area (Å²) in [7, 11) is 3.01. The summed E-state index contributed by atoms with van der Waals surface area (Å²) in [5.74, 6) is 1.35. The second-order valence-electron chi connectivity index (χ2n) is 6.70. The Labute approximate surface area is 194 Å². The molecule has 4 rings (SSSR count). The number of pyridine rings is 1. The topological polar surface area (TPSA) is 78.7 Å². The zero-order valence-electron chi connectivity index (χ0n) is 20.3. The Bertz CT molecular complexity index is 1360. The molecule has 2 heterocycles. The van der Waals surface area contributed by atoms with E-state index in [0.29, 0.717) is 22.8 Å². The molecule has 0 N–H and O–H groups in total. The molecule has 0 unspecified atom stereocenters. The summed E-state index contributed by atoms with van der Waals surface area (Å²) in [6, 6.07) is 15.0. The number of nitrogens with zero attached hydrogens (tertiary/aromatic N) is 4. The first kappa shape index (κ1) is 17.9. The van der Waals surface area contributed by atoms with Crippen molar-refractivity contribution in [2.45, 2.75) is 6.54 Å². The molecular formula is C23H21ClN4O4. The Morgan fingerprint density at radius 3 is 2.66 bits per heavy atom. The number of imidazole rings is 1. The van der Waals surface area contributed by atoms with Crippen molar-refractivity contribution in [1.82, 2.24) is 14.5 Å². The Hall–Kier alpha value is -3.78. The number of hydrogen-bond donors (Lipinski definition) is 0. The fourth-order valence-corrected chi connectivity index (χ4v) is 3.34. The van der Waals surface area contributed by atoms with Gasteiger partial charge < -0.3 is 19.1 Å². The average molecular weight is 456 g/mol. The Morgan fingerprint density at radius 2 is 1.94 bits per heavy atom. The van der Waals surface area contributed by atoms with Crippen LogP contribution in [0, 0.1) is 0 Å². The minimum atomic E-state index is -2.59. The number of rotatable bonds is 6. The Morgan fingerprint density at radius 1 is 1.12 bits per heavy atom. The molecule has 0 bridgehead atoms. The van der Waals surface area contributed by atoms with Crippen LogP contribution in [0.4, 0.5) is 10.5 Å². The van der Waals surface area contributed by atoms with Crippen molar-refractivity contribution in [3.63, 3.8) is 0 Å². The zero-order chi connectivity index (χ0) is 25.2. The van der Waals surface area contributed by atoms with E-state index in [2.05, 4.69) is 9.97 Å². The smallest absolute Gasteiger partial charge is 0.426 e. The van der Waals surface area contributed by atoms with Crippen molar-refractivity contribution < 1.29 is 23.1 Å². The fourth-order valence-electron chi connectivity index (χ4n) is 3.16. The Kier molecular flexibility index (Phi) is 5.11. The van der Waals surface area contributed by atoms with E-state index in [-0.39, 0.29) is 28.5 Å². The molecule has 0 aliphatic heterocycles. The van der Waals surface area contributed by atoms with Crippen LogP contribution in [0.25, 0.3) is 11.2 Å². The predicted octanol–water partition coefficient (Wildman–Crippen LogP) is 4.79. The molecule has 2 aromatic heterocycles. The van der Waals surface area contributed by atoms with Gasteiger partial charge in [0.2, 0.25) is 0 Å². The summed E-state index contributed by atoms with van der Waals surface area (Å²) in [6.45, 7) is -2.66. The van der Waals surface area contributed by atoms with Gasteiger partial charge in [0.05, 0.1) is 19.9 Å². The van der Waals surface area contributed by atoms with Crippen molar-refractivity contribution >= 4 is 34.5 Å². The van der Waals surface area contributed by atoms with Crippen LogP contribution in [0.5, 0.6) is 17.2 Å². The van der Waals surface area contributed by atoms with Gasteiger partial charge in [0.15, 0.2) is 5.65 Å². The SMILES string of the molecule is [2H]C([2H])([2H])N(Cc1ccc(OC)cc1OC)c1cc(Cl)nc2c1ncn2C(=O)Oc1ccccc1. The molecule has 0 saturated carbocycles. The van der Waals surface area contributed by atoms with Crippen molar-refractivity contribution in [3.8, 4) is 17.2 Å². The molecule has 0 spiro atoms. The summed E-state index contributed by atoms with van der Waals surface area (Å²) in [5.41, 5.74) is 0.991. The number of halogens is 1. The van der Waals surface area contributed by atoms with Gasteiger partial charge in [-0.15, -0.1) is 0 Å². The van der Waals surface area contributed by atoms with E-state index >= 15 is 0 Å². The van der Waals surface area contributed by atoms with E-state index in [1.807, 2.05) is 0 Å². The second kappa shape index (κ2) is 9.15. The van der Waals surface area contributed by atoms with E-state index in [4.69, 9.17) is 29.9 Å². The van der Waals surface area contributed by atoms with Crippen LogP contribution in [0.3, 0.4) is 0 Å². The van der Waals surface area contributed by atoms with Gasteiger partial charge in [-0.05, 0) is 24.3 Å². The van der Waals surface area contributed by atoms with Crippen molar-refractivity contribution in [2.75, 3.05) is 26.1 Å². The van der Waals surface area contributed by atoms with Crippen molar-refractivity contribution in [3.05, 3.63) is 71.6 Å². The van der Waals surface area contributed by atoms with Gasteiger partial charge in [-0.3, -0.25) is 0 Å². The maximum Gasteiger partial charge on any atom is 0.426 e.